The zero-order valence-corrected chi connectivity index (χ0v) is 8.61. The summed E-state index contributed by atoms with van der Waals surface area (Å²) in [6, 6.07) is -0.275. The molecule has 4 heteroatoms. The van der Waals surface area contributed by atoms with Crippen LogP contribution in [0.25, 0.3) is 0 Å². The van der Waals surface area contributed by atoms with Crippen LogP contribution < -0.4 is 5.73 Å². The number of hydrogen-bond acceptors (Lipinski definition) is 1. The summed E-state index contributed by atoms with van der Waals surface area (Å²) < 4.78 is 0. The molecule has 0 unspecified atom stereocenters. The Bertz CT molecular complexity index is 103. The summed E-state index contributed by atoms with van der Waals surface area (Å²) in [6.45, 7) is 5.71. The molecular formula is C7H16N2OV. The Morgan fingerprint density at radius 2 is 1.64 bits per heavy atom. The zero-order valence-electron chi connectivity index (χ0n) is 7.21. The minimum Gasteiger partial charge on any atom is -0.351 e. The number of amides is 2. The van der Waals surface area contributed by atoms with Gasteiger partial charge in [-0.15, -0.1) is 0 Å². The maximum absolute atomic E-state index is 10.3. The van der Waals surface area contributed by atoms with Crippen LogP contribution in [-0.4, -0.2) is 24.0 Å². The van der Waals surface area contributed by atoms with E-state index in [-0.39, 0.29) is 24.6 Å². The number of hydrogen-bond donors (Lipinski definition) is 1. The molecule has 1 aliphatic heterocycles. The monoisotopic (exact) mass is 195 g/mol. The van der Waals surface area contributed by atoms with Crippen LogP contribution in [0.4, 0.5) is 4.79 Å². The van der Waals surface area contributed by atoms with Gasteiger partial charge >= 0.3 is 6.03 Å². The first kappa shape index (κ1) is 13.4. The second-order valence-electron chi connectivity index (χ2n) is 2.03. The standard InChI is InChI=1S/C5H10N2O.C2H6.V/c6-5(8)7-3-1-2-4-7;1-2;/h1-4H2,(H2,6,8);1-2H3;. The van der Waals surface area contributed by atoms with Crippen molar-refractivity contribution in [1.29, 1.82) is 0 Å². The number of rotatable bonds is 0. The van der Waals surface area contributed by atoms with Crippen molar-refractivity contribution in [3.05, 3.63) is 0 Å². The van der Waals surface area contributed by atoms with Crippen LogP contribution in [0.1, 0.15) is 26.7 Å². The Morgan fingerprint density at radius 1 is 1.27 bits per heavy atom. The average molecular weight is 195 g/mol. The third-order valence-electron chi connectivity index (χ3n) is 1.42. The number of carbonyl (C=O) groups is 1. The van der Waals surface area contributed by atoms with E-state index in [2.05, 4.69) is 0 Å². The fraction of sp³-hybridized carbons (Fsp3) is 0.857. The van der Waals surface area contributed by atoms with E-state index in [1.807, 2.05) is 13.8 Å². The van der Waals surface area contributed by atoms with Gasteiger partial charge in [0.15, 0.2) is 0 Å². The quantitative estimate of drug-likeness (QED) is 0.620. The van der Waals surface area contributed by atoms with Crippen LogP contribution in [0.3, 0.4) is 0 Å². The minimum atomic E-state index is -0.275. The molecular weight excluding hydrogens is 179 g/mol. The topological polar surface area (TPSA) is 46.3 Å². The second kappa shape index (κ2) is 7.96. The van der Waals surface area contributed by atoms with E-state index >= 15 is 0 Å². The Labute approximate surface area is 80.2 Å². The summed E-state index contributed by atoms with van der Waals surface area (Å²) in [4.78, 5) is 12.0. The molecule has 0 bridgehead atoms. The van der Waals surface area contributed by atoms with Crippen molar-refractivity contribution in [3.63, 3.8) is 0 Å². The van der Waals surface area contributed by atoms with Crippen LogP contribution >= 0.6 is 0 Å². The summed E-state index contributed by atoms with van der Waals surface area (Å²) in [5.74, 6) is 0. The van der Waals surface area contributed by atoms with E-state index in [9.17, 15) is 4.79 Å². The van der Waals surface area contributed by atoms with E-state index in [1.165, 1.54) is 0 Å². The molecule has 1 radical (unpaired) electrons. The summed E-state index contributed by atoms with van der Waals surface area (Å²) in [5, 5.41) is 0. The molecule has 1 saturated heterocycles. The molecule has 65 valence electrons. The number of nitrogens with two attached hydrogens (primary N) is 1. The molecule has 1 rings (SSSR count). The summed E-state index contributed by atoms with van der Waals surface area (Å²) in [5.41, 5.74) is 4.98. The number of primary amides is 1. The van der Waals surface area contributed by atoms with Crippen molar-refractivity contribution in [1.82, 2.24) is 4.90 Å². The van der Waals surface area contributed by atoms with Gasteiger partial charge in [-0.25, -0.2) is 4.79 Å². The molecule has 1 aliphatic rings. The summed E-state index contributed by atoms with van der Waals surface area (Å²) in [6.07, 6.45) is 2.23. The van der Waals surface area contributed by atoms with Gasteiger partial charge in [0.05, 0.1) is 0 Å². The van der Waals surface area contributed by atoms with Crippen LogP contribution in [0.5, 0.6) is 0 Å². The summed E-state index contributed by atoms with van der Waals surface area (Å²) in [7, 11) is 0. The Hall–Kier alpha value is -0.146. The zero-order chi connectivity index (χ0) is 7.98. The van der Waals surface area contributed by atoms with E-state index in [0.29, 0.717) is 0 Å². The van der Waals surface area contributed by atoms with Crippen LogP contribution in [0, 0.1) is 0 Å². The van der Waals surface area contributed by atoms with E-state index in [1.54, 1.807) is 4.90 Å². The Morgan fingerprint density at radius 3 is 1.82 bits per heavy atom. The largest absolute Gasteiger partial charge is 0.351 e. The molecule has 0 aromatic rings. The smallest absolute Gasteiger partial charge is 0.314 e. The van der Waals surface area contributed by atoms with Gasteiger partial charge in [0.2, 0.25) is 0 Å². The molecule has 2 N–H and O–H groups in total. The van der Waals surface area contributed by atoms with E-state index < -0.39 is 0 Å². The minimum absolute atomic E-state index is 0. The third kappa shape index (κ3) is 5.16. The molecule has 0 saturated carbocycles. The Balaban J connectivity index is 0. The first-order valence-electron chi connectivity index (χ1n) is 3.85. The number of urea groups is 1. The first-order valence-corrected chi connectivity index (χ1v) is 3.85. The van der Waals surface area contributed by atoms with Crippen LogP contribution in [0.15, 0.2) is 0 Å². The van der Waals surface area contributed by atoms with Gasteiger partial charge in [0, 0.05) is 31.6 Å². The summed E-state index contributed by atoms with van der Waals surface area (Å²) >= 11 is 0. The van der Waals surface area contributed by atoms with Gasteiger partial charge in [0.1, 0.15) is 0 Å². The maximum Gasteiger partial charge on any atom is 0.314 e. The van der Waals surface area contributed by atoms with Gasteiger partial charge in [-0.05, 0) is 12.8 Å². The molecule has 11 heavy (non-hydrogen) atoms. The number of likely N-dealkylation sites (tertiary alicyclic amines) is 1. The molecule has 1 fully saturated rings. The van der Waals surface area contributed by atoms with Crippen molar-refractivity contribution >= 4 is 6.03 Å². The van der Waals surface area contributed by atoms with Gasteiger partial charge in [-0.3, -0.25) is 0 Å². The number of nitrogens with zero attached hydrogens (tertiary/aromatic N) is 1. The Kier molecular flexibility index (Phi) is 9.72. The fourth-order valence-electron chi connectivity index (χ4n) is 0.938. The average Bonchev–Trinajstić information content (AvgIpc) is 2.42. The SMILES string of the molecule is CC.NC(=O)N1CCCC1.[V]. The van der Waals surface area contributed by atoms with E-state index in [4.69, 9.17) is 5.73 Å². The van der Waals surface area contributed by atoms with Crippen molar-refractivity contribution < 1.29 is 23.4 Å². The van der Waals surface area contributed by atoms with Crippen LogP contribution in [-0.2, 0) is 18.6 Å². The predicted octanol–water partition coefficient (Wildman–Crippen LogP) is 1.18. The molecule has 0 aromatic heterocycles. The van der Waals surface area contributed by atoms with Crippen molar-refractivity contribution in [2.45, 2.75) is 26.7 Å². The predicted molar refractivity (Wildman–Crippen MR) is 41.7 cm³/mol. The second-order valence-corrected chi connectivity index (χ2v) is 2.03. The van der Waals surface area contributed by atoms with Gasteiger partial charge in [0.25, 0.3) is 0 Å². The normalized spacial score (nSPS) is 14.5. The number of carbonyl (C=O) groups excluding carboxylic acids is 1. The van der Waals surface area contributed by atoms with Crippen LogP contribution in [0.2, 0.25) is 0 Å². The molecule has 0 aromatic carbocycles. The van der Waals surface area contributed by atoms with Gasteiger partial charge < -0.3 is 10.6 Å². The van der Waals surface area contributed by atoms with Crippen molar-refractivity contribution in [2.75, 3.05) is 13.1 Å². The molecule has 2 amide bonds. The van der Waals surface area contributed by atoms with Crippen molar-refractivity contribution in [3.8, 4) is 0 Å². The van der Waals surface area contributed by atoms with Gasteiger partial charge in [-0.2, -0.15) is 0 Å². The van der Waals surface area contributed by atoms with Crippen molar-refractivity contribution in [2.24, 2.45) is 5.73 Å². The molecule has 1 heterocycles. The first-order chi connectivity index (χ1) is 4.80. The molecule has 3 nitrogen and oxygen atoms in total. The molecule has 0 atom stereocenters. The molecule has 0 aliphatic carbocycles. The maximum atomic E-state index is 10.3. The van der Waals surface area contributed by atoms with E-state index in [0.717, 1.165) is 25.9 Å². The fourth-order valence-corrected chi connectivity index (χ4v) is 0.938. The third-order valence-corrected chi connectivity index (χ3v) is 1.42. The van der Waals surface area contributed by atoms with Gasteiger partial charge in [-0.1, -0.05) is 13.8 Å². The molecule has 0 spiro atoms.